The van der Waals surface area contributed by atoms with Gasteiger partial charge in [0.05, 0.1) is 28.0 Å². The van der Waals surface area contributed by atoms with Crippen molar-refractivity contribution in [2.75, 3.05) is 0 Å². The summed E-state index contributed by atoms with van der Waals surface area (Å²) in [6.45, 7) is 0. The van der Waals surface area contributed by atoms with Crippen LogP contribution in [0.25, 0.3) is 22.2 Å². The van der Waals surface area contributed by atoms with E-state index in [-0.39, 0.29) is 10.6 Å². The highest BCUT2D eigenvalue weighted by Gasteiger charge is 2.13. The molecule has 0 spiro atoms. The molecule has 2 heterocycles. The summed E-state index contributed by atoms with van der Waals surface area (Å²) >= 11 is 5.97. The molecule has 1 amide bonds. The Kier molecular flexibility index (Phi) is 5.27. The van der Waals surface area contributed by atoms with Crippen LogP contribution >= 0.6 is 11.6 Å². The van der Waals surface area contributed by atoms with Crippen molar-refractivity contribution in [3.8, 4) is 11.3 Å². The SMILES string of the molecule is O=C(N/N=C/c1c(F)cccc1Cl)c1cc(-c2ccncc2)nc2ccccc12. The van der Waals surface area contributed by atoms with E-state index in [0.29, 0.717) is 22.2 Å². The minimum atomic E-state index is -0.523. The number of hydrogen-bond donors (Lipinski definition) is 1. The molecule has 2 aromatic carbocycles. The van der Waals surface area contributed by atoms with Crippen LogP contribution in [0.3, 0.4) is 0 Å². The lowest BCUT2D eigenvalue weighted by Gasteiger charge is -2.09. The Bertz CT molecular complexity index is 1210. The Morgan fingerprint density at radius 1 is 1.07 bits per heavy atom. The molecule has 0 saturated heterocycles. The van der Waals surface area contributed by atoms with E-state index in [1.165, 1.54) is 18.3 Å². The van der Waals surface area contributed by atoms with Crippen LogP contribution in [0.15, 0.2) is 78.2 Å². The van der Waals surface area contributed by atoms with Crippen LogP contribution in [-0.2, 0) is 0 Å². The first-order valence-electron chi connectivity index (χ1n) is 8.71. The number of carbonyl (C=O) groups is 1. The van der Waals surface area contributed by atoms with E-state index in [9.17, 15) is 9.18 Å². The molecular weight excluding hydrogens is 391 g/mol. The van der Waals surface area contributed by atoms with Crippen molar-refractivity contribution >= 4 is 34.6 Å². The molecule has 142 valence electrons. The van der Waals surface area contributed by atoms with Gasteiger partial charge < -0.3 is 0 Å². The quantitative estimate of drug-likeness (QED) is 0.390. The summed E-state index contributed by atoms with van der Waals surface area (Å²) in [5.41, 5.74) is 5.09. The number of fused-ring (bicyclic) bond motifs is 1. The smallest absolute Gasteiger partial charge is 0.267 e. The molecule has 0 aliphatic carbocycles. The summed E-state index contributed by atoms with van der Waals surface area (Å²) in [7, 11) is 0. The minimum Gasteiger partial charge on any atom is -0.267 e. The van der Waals surface area contributed by atoms with Crippen LogP contribution in [0.5, 0.6) is 0 Å². The van der Waals surface area contributed by atoms with Gasteiger partial charge in [0.25, 0.3) is 5.91 Å². The third kappa shape index (κ3) is 3.97. The average Bonchev–Trinajstić information content (AvgIpc) is 2.75. The summed E-state index contributed by atoms with van der Waals surface area (Å²) in [6.07, 6.45) is 4.51. The van der Waals surface area contributed by atoms with Gasteiger partial charge in [-0.2, -0.15) is 5.10 Å². The summed E-state index contributed by atoms with van der Waals surface area (Å²) in [5.74, 6) is -0.965. The molecule has 0 unspecified atom stereocenters. The van der Waals surface area contributed by atoms with Crippen LogP contribution in [0.2, 0.25) is 5.02 Å². The molecule has 4 aromatic rings. The van der Waals surface area contributed by atoms with Gasteiger partial charge in [0.1, 0.15) is 5.82 Å². The molecule has 0 saturated carbocycles. The Morgan fingerprint density at radius 2 is 1.86 bits per heavy atom. The lowest BCUT2D eigenvalue weighted by Crippen LogP contribution is -2.18. The van der Waals surface area contributed by atoms with Crippen molar-refractivity contribution in [1.82, 2.24) is 15.4 Å². The first kappa shape index (κ1) is 18.7. The number of para-hydroxylation sites is 1. The molecular formula is C22H14ClFN4O. The molecule has 4 rings (SSSR count). The monoisotopic (exact) mass is 404 g/mol. The van der Waals surface area contributed by atoms with Gasteiger partial charge in [0.15, 0.2) is 0 Å². The van der Waals surface area contributed by atoms with E-state index in [2.05, 4.69) is 20.5 Å². The molecule has 1 N–H and O–H groups in total. The van der Waals surface area contributed by atoms with Gasteiger partial charge in [-0.15, -0.1) is 0 Å². The highest BCUT2D eigenvalue weighted by molar-refractivity contribution is 6.33. The third-order valence-corrected chi connectivity index (χ3v) is 4.63. The van der Waals surface area contributed by atoms with E-state index < -0.39 is 11.7 Å². The van der Waals surface area contributed by atoms with E-state index in [0.717, 1.165) is 5.56 Å². The molecule has 0 radical (unpaired) electrons. The summed E-state index contributed by atoms with van der Waals surface area (Å²) < 4.78 is 13.8. The molecule has 0 aliphatic rings. The number of carbonyl (C=O) groups excluding carboxylic acids is 1. The van der Waals surface area contributed by atoms with Crippen molar-refractivity contribution in [2.45, 2.75) is 0 Å². The Labute approximate surface area is 170 Å². The number of rotatable bonds is 4. The lowest BCUT2D eigenvalue weighted by atomic mass is 10.0. The Morgan fingerprint density at radius 3 is 2.66 bits per heavy atom. The van der Waals surface area contributed by atoms with Gasteiger partial charge >= 0.3 is 0 Å². The first-order chi connectivity index (χ1) is 14.1. The molecule has 29 heavy (non-hydrogen) atoms. The van der Waals surface area contributed by atoms with E-state index in [4.69, 9.17) is 11.6 Å². The normalized spacial score (nSPS) is 11.1. The topological polar surface area (TPSA) is 67.2 Å². The van der Waals surface area contributed by atoms with Crippen molar-refractivity contribution in [3.05, 3.63) is 95.0 Å². The number of nitrogens with one attached hydrogen (secondary N) is 1. The second-order valence-electron chi connectivity index (χ2n) is 6.14. The predicted octanol–water partition coefficient (Wildman–Crippen LogP) is 4.85. The van der Waals surface area contributed by atoms with Crippen LogP contribution in [0.4, 0.5) is 4.39 Å². The Balaban J connectivity index is 1.69. The molecule has 0 fully saturated rings. The standard InChI is InChI=1S/C22H14ClFN4O/c23-18-5-3-6-19(24)17(18)13-26-28-22(29)16-12-21(14-8-10-25-11-9-14)27-20-7-2-1-4-15(16)20/h1-13H,(H,28,29)/b26-13+. The van der Waals surface area contributed by atoms with Crippen molar-refractivity contribution < 1.29 is 9.18 Å². The zero-order valence-corrected chi connectivity index (χ0v) is 15.8. The van der Waals surface area contributed by atoms with Gasteiger partial charge in [0.2, 0.25) is 0 Å². The summed E-state index contributed by atoms with van der Waals surface area (Å²) in [5, 5.41) is 4.76. The maximum atomic E-state index is 13.8. The number of hydrazone groups is 1. The molecule has 0 bridgehead atoms. The van der Waals surface area contributed by atoms with Gasteiger partial charge in [-0.1, -0.05) is 35.9 Å². The summed E-state index contributed by atoms with van der Waals surface area (Å²) in [6, 6.07) is 17.0. The number of nitrogens with zero attached hydrogens (tertiary/aromatic N) is 3. The number of pyridine rings is 2. The van der Waals surface area contributed by atoms with Crippen molar-refractivity contribution in [2.24, 2.45) is 5.10 Å². The second kappa shape index (κ2) is 8.16. The van der Waals surface area contributed by atoms with Crippen molar-refractivity contribution in [1.29, 1.82) is 0 Å². The van der Waals surface area contributed by atoms with Crippen molar-refractivity contribution in [3.63, 3.8) is 0 Å². The van der Waals surface area contributed by atoms with Crippen LogP contribution in [0.1, 0.15) is 15.9 Å². The largest absolute Gasteiger partial charge is 0.272 e. The van der Waals surface area contributed by atoms with E-state index in [1.54, 1.807) is 24.5 Å². The molecule has 0 atom stereocenters. The number of aromatic nitrogens is 2. The molecule has 7 heteroatoms. The fourth-order valence-electron chi connectivity index (χ4n) is 2.88. The molecule has 5 nitrogen and oxygen atoms in total. The second-order valence-corrected chi connectivity index (χ2v) is 6.55. The van der Waals surface area contributed by atoms with Gasteiger partial charge in [-0.3, -0.25) is 9.78 Å². The van der Waals surface area contributed by atoms with E-state index >= 15 is 0 Å². The zero-order valence-electron chi connectivity index (χ0n) is 15.0. The van der Waals surface area contributed by atoms with Gasteiger partial charge in [-0.25, -0.2) is 14.8 Å². The number of hydrogen-bond acceptors (Lipinski definition) is 4. The first-order valence-corrected chi connectivity index (χ1v) is 9.09. The van der Waals surface area contributed by atoms with Crippen LogP contribution in [-0.4, -0.2) is 22.1 Å². The van der Waals surface area contributed by atoms with Crippen LogP contribution in [0, 0.1) is 5.82 Å². The average molecular weight is 405 g/mol. The maximum Gasteiger partial charge on any atom is 0.272 e. The maximum absolute atomic E-state index is 13.8. The fourth-order valence-corrected chi connectivity index (χ4v) is 3.10. The summed E-state index contributed by atoms with van der Waals surface area (Å²) in [4.78, 5) is 21.4. The molecule has 2 aromatic heterocycles. The number of benzene rings is 2. The fraction of sp³-hybridized carbons (Fsp3) is 0. The van der Waals surface area contributed by atoms with Gasteiger partial charge in [0, 0.05) is 28.9 Å². The van der Waals surface area contributed by atoms with E-state index in [1.807, 2.05) is 36.4 Å². The number of halogens is 2. The minimum absolute atomic E-state index is 0.103. The molecule has 0 aliphatic heterocycles. The number of amides is 1. The highest BCUT2D eigenvalue weighted by Crippen LogP contribution is 2.24. The Hall–Kier alpha value is -3.64. The van der Waals surface area contributed by atoms with Crippen LogP contribution < -0.4 is 5.43 Å². The zero-order chi connectivity index (χ0) is 20.2. The predicted molar refractivity (Wildman–Crippen MR) is 111 cm³/mol. The lowest BCUT2D eigenvalue weighted by molar-refractivity contribution is 0.0956. The third-order valence-electron chi connectivity index (χ3n) is 4.30. The highest BCUT2D eigenvalue weighted by atomic mass is 35.5. The van der Waals surface area contributed by atoms with Gasteiger partial charge in [-0.05, 0) is 36.4 Å².